The van der Waals surface area contributed by atoms with Gasteiger partial charge in [-0.05, 0) is 30.3 Å². The van der Waals surface area contributed by atoms with Gasteiger partial charge in [-0.2, -0.15) is 0 Å². The number of halogens is 1. The number of anilines is 1. The summed E-state index contributed by atoms with van der Waals surface area (Å²) in [6.07, 6.45) is 1.70. The molecule has 0 aliphatic carbocycles. The van der Waals surface area contributed by atoms with Crippen LogP contribution in [0.15, 0.2) is 48.7 Å². The molecule has 2 aromatic heterocycles. The lowest BCUT2D eigenvalue weighted by atomic mass is 10.1. The van der Waals surface area contributed by atoms with E-state index in [0.717, 1.165) is 21.5 Å². The number of amides is 1. The van der Waals surface area contributed by atoms with Gasteiger partial charge in [0.25, 0.3) is 0 Å². The topological polar surface area (TPSA) is 81.9 Å². The normalized spacial score (nSPS) is 12.1. The highest BCUT2D eigenvalue weighted by Crippen LogP contribution is 2.37. The summed E-state index contributed by atoms with van der Waals surface area (Å²) < 4.78 is 7.13. The van der Waals surface area contributed by atoms with E-state index in [1.165, 1.54) is 11.3 Å². The van der Waals surface area contributed by atoms with Gasteiger partial charge >= 0.3 is 0 Å². The molecule has 0 saturated carbocycles. The summed E-state index contributed by atoms with van der Waals surface area (Å²) in [7, 11) is 1.60. The maximum atomic E-state index is 12.6. The number of nitrogens with zero attached hydrogens (tertiary/aromatic N) is 4. The van der Waals surface area contributed by atoms with Crippen molar-refractivity contribution in [3.63, 3.8) is 0 Å². The molecular formula is C20H18ClN5O2S. The third kappa shape index (κ3) is 4.08. The second kappa shape index (κ2) is 8.18. The van der Waals surface area contributed by atoms with Crippen molar-refractivity contribution in [2.24, 2.45) is 5.92 Å². The summed E-state index contributed by atoms with van der Waals surface area (Å²) in [5, 5.41) is 12.3. The minimum atomic E-state index is -0.312. The zero-order valence-corrected chi connectivity index (χ0v) is 17.4. The third-order valence-electron chi connectivity index (χ3n) is 4.48. The van der Waals surface area contributed by atoms with Crippen molar-refractivity contribution in [3.05, 3.63) is 53.7 Å². The fourth-order valence-corrected chi connectivity index (χ4v) is 3.96. The van der Waals surface area contributed by atoms with Crippen LogP contribution in [0.3, 0.4) is 0 Å². The number of carbonyl (C=O) groups is 1. The number of fused-ring (bicyclic) bond motifs is 1. The molecule has 4 rings (SSSR count). The number of thiazole rings is 1. The van der Waals surface area contributed by atoms with Gasteiger partial charge in [0.15, 0.2) is 5.13 Å². The van der Waals surface area contributed by atoms with Gasteiger partial charge in [-0.25, -0.2) is 9.67 Å². The fraction of sp³-hybridized carbons (Fsp3) is 0.200. The number of nitrogens with one attached hydrogen (secondary N) is 1. The Morgan fingerprint density at radius 2 is 2.14 bits per heavy atom. The molecular weight excluding hydrogens is 410 g/mol. The van der Waals surface area contributed by atoms with E-state index in [2.05, 4.69) is 20.6 Å². The summed E-state index contributed by atoms with van der Waals surface area (Å²) in [6, 6.07) is 13.1. The van der Waals surface area contributed by atoms with Gasteiger partial charge in [0.1, 0.15) is 11.3 Å². The van der Waals surface area contributed by atoms with E-state index >= 15 is 0 Å². The van der Waals surface area contributed by atoms with Crippen molar-refractivity contribution in [1.82, 2.24) is 20.0 Å². The molecule has 0 saturated heterocycles. The number of ether oxygens (including phenoxy) is 1. The van der Waals surface area contributed by atoms with Crippen molar-refractivity contribution >= 4 is 45.0 Å². The van der Waals surface area contributed by atoms with Crippen LogP contribution in [0.5, 0.6) is 5.75 Å². The van der Waals surface area contributed by atoms with Crippen molar-refractivity contribution in [2.45, 2.75) is 13.5 Å². The molecule has 0 aliphatic rings. The number of para-hydroxylation sites is 1. The predicted octanol–water partition coefficient (Wildman–Crippen LogP) is 4.49. The molecule has 0 radical (unpaired) electrons. The van der Waals surface area contributed by atoms with Crippen molar-refractivity contribution < 1.29 is 9.53 Å². The molecule has 7 nitrogen and oxygen atoms in total. The summed E-state index contributed by atoms with van der Waals surface area (Å²) >= 11 is 7.48. The molecule has 2 aromatic carbocycles. The summed E-state index contributed by atoms with van der Waals surface area (Å²) in [6.45, 7) is 2.27. The number of carbonyl (C=O) groups excluding carboxylic acids is 1. The molecule has 1 amide bonds. The Balaban J connectivity index is 1.47. The Kier molecular flexibility index (Phi) is 5.46. The maximum absolute atomic E-state index is 12.6. The Labute approximate surface area is 176 Å². The van der Waals surface area contributed by atoms with Crippen LogP contribution in [0.1, 0.15) is 6.92 Å². The molecule has 29 heavy (non-hydrogen) atoms. The minimum Gasteiger partial charge on any atom is -0.496 e. The molecule has 1 atom stereocenters. The first-order chi connectivity index (χ1) is 14.0. The van der Waals surface area contributed by atoms with Crippen LogP contribution in [-0.2, 0) is 11.3 Å². The molecule has 9 heteroatoms. The van der Waals surface area contributed by atoms with Gasteiger partial charge in [-0.3, -0.25) is 4.79 Å². The molecule has 0 bridgehead atoms. The van der Waals surface area contributed by atoms with E-state index in [1.807, 2.05) is 37.3 Å². The average Bonchev–Trinajstić information content (AvgIpc) is 3.35. The van der Waals surface area contributed by atoms with Crippen LogP contribution >= 0.6 is 22.9 Å². The molecule has 148 valence electrons. The Morgan fingerprint density at radius 1 is 1.31 bits per heavy atom. The van der Waals surface area contributed by atoms with Crippen LogP contribution < -0.4 is 10.1 Å². The van der Waals surface area contributed by atoms with E-state index in [1.54, 1.807) is 30.1 Å². The first-order valence-electron chi connectivity index (χ1n) is 8.94. The average molecular weight is 428 g/mol. The third-order valence-corrected chi connectivity index (χ3v) is 5.66. The highest BCUT2D eigenvalue weighted by atomic mass is 35.5. The second-order valence-corrected chi connectivity index (χ2v) is 7.99. The van der Waals surface area contributed by atoms with Crippen LogP contribution in [-0.4, -0.2) is 33.0 Å². The van der Waals surface area contributed by atoms with Crippen LogP contribution in [0.2, 0.25) is 5.02 Å². The molecule has 4 aromatic rings. The molecule has 0 aliphatic heterocycles. The Morgan fingerprint density at radius 3 is 2.97 bits per heavy atom. The van der Waals surface area contributed by atoms with E-state index in [9.17, 15) is 4.79 Å². The number of hydrogen-bond donors (Lipinski definition) is 1. The highest BCUT2D eigenvalue weighted by Gasteiger charge is 2.18. The van der Waals surface area contributed by atoms with E-state index in [4.69, 9.17) is 16.3 Å². The lowest BCUT2D eigenvalue weighted by Crippen LogP contribution is -2.24. The maximum Gasteiger partial charge on any atom is 0.230 e. The van der Waals surface area contributed by atoms with E-state index < -0.39 is 0 Å². The smallest absolute Gasteiger partial charge is 0.230 e. The minimum absolute atomic E-state index is 0.136. The molecule has 1 unspecified atom stereocenters. The fourth-order valence-electron chi connectivity index (χ4n) is 2.95. The van der Waals surface area contributed by atoms with Gasteiger partial charge in [-0.1, -0.05) is 47.2 Å². The molecule has 2 heterocycles. The van der Waals surface area contributed by atoms with Gasteiger partial charge < -0.3 is 10.1 Å². The number of methoxy groups -OCH3 is 1. The summed E-state index contributed by atoms with van der Waals surface area (Å²) in [5.74, 6) is 0.249. The number of rotatable bonds is 6. The lowest BCUT2D eigenvalue weighted by molar-refractivity contribution is -0.119. The first kappa shape index (κ1) is 19.4. The lowest BCUT2D eigenvalue weighted by Gasteiger charge is -2.11. The number of hydrogen-bond acceptors (Lipinski definition) is 6. The van der Waals surface area contributed by atoms with Crippen LogP contribution in [0.4, 0.5) is 5.13 Å². The zero-order valence-electron chi connectivity index (χ0n) is 15.8. The van der Waals surface area contributed by atoms with Gasteiger partial charge in [0, 0.05) is 16.8 Å². The first-order valence-corrected chi connectivity index (χ1v) is 10.1. The van der Waals surface area contributed by atoms with E-state index in [-0.39, 0.29) is 11.8 Å². The zero-order chi connectivity index (χ0) is 20.4. The predicted molar refractivity (Wildman–Crippen MR) is 114 cm³/mol. The largest absolute Gasteiger partial charge is 0.496 e. The van der Waals surface area contributed by atoms with Crippen LogP contribution in [0.25, 0.3) is 21.5 Å². The van der Waals surface area contributed by atoms with Crippen molar-refractivity contribution in [3.8, 4) is 16.2 Å². The van der Waals surface area contributed by atoms with E-state index in [0.29, 0.717) is 22.4 Å². The van der Waals surface area contributed by atoms with Crippen LogP contribution in [0, 0.1) is 5.92 Å². The van der Waals surface area contributed by atoms with Crippen molar-refractivity contribution in [1.29, 1.82) is 0 Å². The Hall–Kier alpha value is -2.97. The van der Waals surface area contributed by atoms with Gasteiger partial charge in [0.05, 0.1) is 30.0 Å². The summed E-state index contributed by atoms with van der Waals surface area (Å²) in [4.78, 5) is 17.8. The number of benzene rings is 2. The quantitative estimate of drug-likeness (QED) is 0.490. The van der Waals surface area contributed by atoms with Crippen molar-refractivity contribution in [2.75, 3.05) is 12.4 Å². The summed E-state index contributed by atoms with van der Waals surface area (Å²) in [5.41, 5.74) is 2.54. The molecule has 0 fully saturated rings. The highest BCUT2D eigenvalue weighted by molar-refractivity contribution is 7.19. The molecule has 0 spiro atoms. The monoisotopic (exact) mass is 427 g/mol. The number of aromatic nitrogens is 4. The standard InChI is InChI=1S/C20H18ClN5O2S/c1-12(11-26-16-6-4-3-5-15(16)24-25-26)19(27)23-20-22-10-18(29-20)14-9-13(21)7-8-17(14)28-2/h3-10,12H,11H2,1-2H3,(H,22,23,27). The Bertz CT molecular complexity index is 1170. The second-order valence-electron chi connectivity index (χ2n) is 6.52. The van der Waals surface area contributed by atoms with Gasteiger partial charge in [0.2, 0.25) is 5.91 Å². The van der Waals surface area contributed by atoms with Gasteiger partial charge in [-0.15, -0.1) is 5.10 Å². The molecule has 1 N–H and O–H groups in total. The SMILES string of the molecule is COc1ccc(Cl)cc1-c1cnc(NC(=O)C(C)Cn2nnc3ccccc32)s1.